The fourth-order valence-corrected chi connectivity index (χ4v) is 2.46. The predicted octanol–water partition coefficient (Wildman–Crippen LogP) is 3.52. The van der Waals surface area contributed by atoms with Gasteiger partial charge in [0.2, 0.25) is 0 Å². The van der Waals surface area contributed by atoms with Crippen molar-refractivity contribution in [2.45, 2.75) is 0 Å². The van der Waals surface area contributed by atoms with Crippen LogP contribution in [0.15, 0.2) is 42.5 Å². The maximum Gasteiger partial charge on any atom is 0.0662 e. The molecule has 0 aromatic heterocycles. The van der Waals surface area contributed by atoms with Gasteiger partial charge in [-0.2, -0.15) is 0 Å². The third-order valence-corrected chi connectivity index (χ3v) is 3.47. The first-order chi connectivity index (χ1) is 8.72. The van der Waals surface area contributed by atoms with Crippen LogP contribution in [-0.2, 0) is 0 Å². The second-order valence-electron chi connectivity index (χ2n) is 4.45. The Morgan fingerprint density at radius 3 is 2.00 bits per heavy atom. The van der Waals surface area contributed by atoms with Gasteiger partial charge in [0, 0.05) is 19.7 Å². The molecule has 0 unspecified atom stereocenters. The zero-order valence-electron chi connectivity index (χ0n) is 10.5. The molecule has 2 nitrogen and oxygen atoms in total. The lowest BCUT2D eigenvalue weighted by molar-refractivity contribution is 1.09. The van der Waals surface area contributed by atoms with Crippen molar-refractivity contribution in [2.75, 3.05) is 23.9 Å². The summed E-state index contributed by atoms with van der Waals surface area (Å²) in [5.74, 6) is 2.69. The molecule has 3 rings (SSSR count). The van der Waals surface area contributed by atoms with E-state index in [-0.39, 0.29) is 0 Å². The summed E-state index contributed by atoms with van der Waals surface area (Å²) in [7, 11) is 4.16. The van der Waals surface area contributed by atoms with Crippen molar-refractivity contribution in [2.24, 2.45) is 0 Å². The molecule has 18 heavy (non-hydrogen) atoms. The van der Waals surface area contributed by atoms with E-state index in [1.807, 2.05) is 6.07 Å². The van der Waals surface area contributed by atoms with Gasteiger partial charge in [0.05, 0.1) is 22.7 Å². The second-order valence-corrected chi connectivity index (χ2v) is 4.45. The van der Waals surface area contributed by atoms with Crippen LogP contribution in [0.3, 0.4) is 0 Å². The maximum atomic E-state index is 5.48. The van der Waals surface area contributed by atoms with Gasteiger partial charge in [-0.05, 0) is 30.3 Å². The van der Waals surface area contributed by atoms with E-state index in [2.05, 4.69) is 66.2 Å². The Bertz CT molecular complexity index is 652. The van der Waals surface area contributed by atoms with Crippen LogP contribution in [0, 0.1) is 12.3 Å². The molecule has 1 aliphatic rings. The molecule has 2 heteroatoms. The van der Waals surface area contributed by atoms with E-state index in [0.29, 0.717) is 0 Å². The largest absolute Gasteiger partial charge is 0.341 e. The zero-order chi connectivity index (χ0) is 12.7. The Morgan fingerprint density at radius 1 is 0.833 bits per heavy atom. The van der Waals surface area contributed by atoms with Gasteiger partial charge in [-0.15, -0.1) is 6.42 Å². The maximum absolute atomic E-state index is 5.48. The Balaban J connectivity index is 2.24. The Hall–Kier alpha value is -2.40. The van der Waals surface area contributed by atoms with Crippen LogP contribution < -0.4 is 9.80 Å². The number of anilines is 4. The molecule has 0 N–H and O–H groups in total. The molecule has 0 saturated carbocycles. The first-order valence-electron chi connectivity index (χ1n) is 5.89. The van der Waals surface area contributed by atoms with Crippen molar-refractivity contribution < 1.29 is 0 Å². The average Bonchev–Trinajstić information content (AvgIpc) is 2.44. The van der Waals surface area contributed by atoms with Crippen LogP contribution in [0.4, 0.5) is 22.7 Å². The lowest BCUT2D eigenvalue weighted by Crippen LogP contribution is -2.24. The SMILES string of the molecule is C#Cc1ccc2c(c1)N(C)c1ccccc1N2C. The standard InChI is InChI=1S/C16H14N2/c1-4-12-9-10-15-16(11-12)18(3)14-8-6-5-7-13(14)17(15)2/h1,5-11H,2-3H3. The van der Waals surface area contributed by atoms with E-state index in [1.54, 1.807) is 0 Å². The highest BCUT2D eigenvalue weighted by Gasteiger charge is 2.23. The fourth-order valence-electron chi connectivity index (χ4n) is 2.46. The van der Waals surface area contributed by atoms with Gasteiger partial charge < -0.3 is 9.80 Å². The molecule has 1 aliphatic heterocycles. The van der Waals surface area contributed by atoms with E-state index in [4.69, 9.17) is 6.42 Å². The number of nitrogens with zero attached hydrogens (tertiary/aromatic N) is 2. The van der Waals surface area contributed by atoms with Crippen molar-refractivity contribution in [1.82, 2.24) is 0 Å². The monoisotopic (exact) mass is 234 g/mol. The van der Waals surface area contributed by atoms with Gasteiger partial charge in [-0.1, -0.05) is 18.1 Å². The number of benzene rings is 2. The van der Waals surface area contributed by atoms with Crippen molar-refractivity contribution in [3.8, 4) is 12.3 Å². The Labute approximate surface area is 107 Å². The van der Waals surface area contributed by atoms with Gasteiger partial charge >= 0.3 is 0 Å². The van der Waals surface area contributed by atoms with E-state index in [9.17, 15) is 0 Å². The van der Waals surface area contributed by atoms with Gasteiger partial charge in [0.15, 0.2) is 0 Å². The van der Waals surface area contributed by atoms with Crippen LogP contribution in [-0.4, -0.2) is 14.1 Å². The van der Waals surface area contributed by atoms with Crippen LogP contribution in [0.25, 0.3) is 0 Å². The number of hydrogen-bond acceptors (Lipinski definition) is 2. The van der Waals surface area contributed by atoms with Crippen LogP contribution in [0.5, 0.6) is 0 Å². The van der Waals surface area contributed by atoms with Crippen molar-refractivity contribution in [3.05, 3.63) is 48.0 Å². The molecule has 0 bridgehead atoms. The summed E-state index contributed by atoms with van der Waals surface area (Å²) in [5, 5.41) is 0. The summed E-state index contributed by atoms with van der Waals surface area (Å²) < 4.78 is 0. The zero-order valence-corrected chi connectivity index (χ0v) is 10.5. The molecule has 0 radical (unpaired) electrons. The molecule has 1 heterocycles. The van der Waals surface area contributed by atoms with Crippen molar-refractivity contribution >= 4 is 22.7 Å². The van der Waals surface area contributed by atoms with E-state index in [0.717, 1.165) is 11.3 Å². The topological polar surface area (TPSA) is 6.48 Å². The number of terminal acetylenes is 1. The normalized spacial score (nSPS) is 12.7. The highest BCUT2D eigenvalue weighted by molar-refractivity contribution is 5.92. The Kier molecular flexibility index (Phi) is 2.28. The summed E-state index contributed by atoms with van der Waals surface area (Å²) in [6.45, 7) is 0. The summed E-state index contributed by atoms with van der Waals surface area (Å²) in [5.41, 5.74) is 5.64. The first-order valence-corrected chi connectivity index (χ1v) is 5.89. The third kappa shape index (κ3) is 1.38. The summed E-state index contributed by atoms with van der Waals surface area (Å²) >= 11 is 0. The van der Waals surface area contributed by atoms with Crippen LogP contribution in [0.2, 0.25) is 0 Å². The molecule has 0 amide bonds. The van der Waals surface area contributed by atoms with E-state index < -0.39 is 0 Å². The molecule has 0 saturated heterocycles. The van der Waals surface area contributed by atoms with Crippen molar-refractivity contribution in [3.63, 3.8) is 0 Å². The predicted molar refractivity (Wildman–Crippen MR) is 76.9 cm³/mol. The molecular weight excluding hydrogens is 220 g/mol. The Morgan fingerprint density at radius 2 is 1.39 bits per heavy atom. The molecule has 0 spiro atoms. The minimum Gasteiger partial charge on any atom is -0.341 e. The van der Waals surface area contributed by atoms with E-state index in [1.165, 1.54) is 17.1 Å². The summed E-state index contributed by atoms with van der Waals surface area (Å²) in [6.07, 6.45) is 5.48. The molecule has 2 aromatic rings. The number of hydrogen-bond donors (Lipinski definition) is 0. The smallest absolute Gasteiger partial charge is 0.0662 e. The molecule has 88 valence electrons. The minimum absolute atomic E-state index is 0.911. The second kappa shape index (κ2) is 3.82. The molecule has 0 aliphatic carbocycles. The molecule has 0 fully saturated rings. The van der Waals surface area contributed by atoms with Gasteiger partial charge in [-0.25, -0.2) is 0 Å². The third-order valence-electron chi connectivity index (χ3n) is 3.47. The highest BCUT2D eigenvalue weighted by Crippen LogP contribution is 2.46. The van der Waals surface area contributed by atoms with Crippen LogP contribution >= 0.6 is 0 Å². The quantitative estimate of drug-likeness (QED) is 0.643. The van der Waals surface area contributed by atoms with Gasteiger partial charge in [0.25, 0.3) is 0 Å². The first kappa shape index (κ1) is 10.7. The molecule has 0 atom stereocenters. The van der Waals surface area contributed by atoms with Crippen molar-refractivity contribution in [1.29, 1.82) is 0 Å². The van der Waals surface area contributed by atoms with E-state index >= 15 is 0 Å². The van der Waals surface area contributed by atoms with Gasteiger partial charge in [-0.3, -0.25) is 0 Å². The number of para-hydroxylation sites is 2. The molecule has 2 aromatic carbocycles. The number of rotatable bonds is 0. The number of fused-ring (bicyclic) bond motifs is 2. The minimum atomic E-state index is 0.911. The highest BCUT2D eigenvalue weighted by atomic mass is 15.2. The van der Waals surface area contributed by atoms with Crippen LogP contribution in [0.1, 0.15) is 5.56 Å². The molecular formula is C16H14N2. The average molecular weight is 234 g/mol. The lowest BCUT2D eigenvalue weighted by atomic mass is 10.1. The lowest BCUT2D eigenvalue weighted by Gasteiger charge is -2.36. The summed E-state index contributed by atoms with van der Waals surface area (Å²) in [4.78, 5) is 4.39. The summed E-state index contributed by atoms with van der Waals surface area (Å²) in [6, 6.07) is 14.5. The fraction of sp³-hybridized carbons (Fsp3) is 0.125. The van der Waals surface area contributed by atoms with Gasteiger partial charge in [0.1, 0.15) is 0 Å².